The second-order valence-electron chi connectivity index (χ2n) is 14.4. The summed E-state index contributed by atoms with van der Waals surface area (Å²) in [5.41, 5.74) is 1.85. The second-order valence-corrected chi connectivity index (χ2v) is 14.4. The normalized spacial score (nSPS) is 20.5. The summed E-state index contributed by atoms with van der Waals surface area (Å²) in [6.45, 7) is 3.54. The van der Waals surface area contributed by atoms with Crippen molar-refractivity contribution in [2.75, 3.05) is 36.4 Å². The van der Waals surface area contributed by atoms with E-state index in [0.29, 0.717) is 24.1 Å². The van der Waals surface area contributed by atoms with Crippen molar-refractivity contribution >= 4 is 50.9 Å². The lowest BCUT2D eigenvalue weighted by Crippen LogP contribution is -2.49. The van der Waals surface area contributed by atoms with Gasteiger partial charge in [-0.3, -0.25) is 29.5 Å². The lowest BCUT2D eigenvalue weighted by molar-refractivity contribution is -0.141. The van der Waals surface area contributed by atoms with Crippen LogP contribution in [0.1, 0.15) is 78.7 Å². The van der Waals surface area contributed by atoms with Crippen molar-refractivity contribution in [3.63, 3.8) is 0 Å². The first-order valence-corrected chi connectivity index (χ1v) is 18.1. The fourth-order valence-electron chi connectivity index (χ4n) is 8.07. The fourth-order valence-corrected chi connectivity index (χ4v) is 8.07. The van der Waals surface area contributed by atoms with Crippen molar-refractivity contribution < 1.29 is 27.6 Å². The molecule has 0 bridgehead atoms. The van der Waals surface area contributed by atoms with Crippen LogP contribution in [0.3, 0.4) is 0 Å². The number of anilines is 2. The number of alkyl halides is 3. The van der Waals surface area contributed by atoms with E-state index in [0.717, 1.165) is 91.6 Å². The zero-order valence-electron chi connectivity index (χ0n) is 29.0. The van der Waals surface area contributed by atoms with Gasteiger partial charge in [0.05, 0.1) is 23.4 Å². The Kier molecular flexibility index (Phi) is 9.31. The molecule has 11 nitrogen and oxygen atoms in total. The number of hydrogen-bond donors (Lipinski definition) is 2. The van der Waals surface area contributed by atoms with Crippen molar-refractivity contribution in [2.45, 2.75) is 63.1 Å². The van der Waals surface area contributed by atoms with Crippen LogP contribution in [-0.4, -0.2) is 68.7 Å². The van der Waals surface area contributed by atoms with Gasteiger partial charge in [-0.25, -0.2) is 9.78 Å². The molecule has 0 unspecified atom stereocenters. The monoisotopic (exact) mass is 724 g/mol. The molecule has 4 amide bonds. The molecule has 3 aromatic heterocycles. The molecule has 1 aliphatic carbocycles. The Morgan fingerprint density at radius 2 is 1.72 bits per heavy atom. The summed E-state index contributed by atoms with van der Waals surface area (Å²) in [7, 11) is 0. The highest BCUT2D eigenvalue weighted by atomic mass is 19.4. The third kappa shape index (κ3) is 7.45. The van der Waals surface area contributed by atoms with Crippen LogP contribution < -0.4 is 15.5 Å². The number of nitrogens with one attached hydrogen (secondary N) is 2. The molecular formula is C39H39F3N8O3. The molecule has 0 atom stereocenters. The summed E-state index contributed by atoms with van der Waals surface area (Å²) in [6, 6.07) is 14.9. The lowest BCUT2D eigenvalue weighted by atomic mass is 9.84. The second kappa shape index (κ2) is 14.2. The van der Waals surface area contributed by atoms with Gasteiger partial charge in [-0.15, -0.1) is 0 Å². The number of rotatable bonds is 7. The molecule has 274 valence electrons. The van der Waals surface area contributed by atoms with Gasteiger partial charge < -0.3 is 10.2 Å². The number of carbonyl (C=O) groups is 3. The smallest absolute Gasteiger partial charge is 0.321 e. The summed E-state index contributed by atoms with van der Waals surface area (Å²) < 4.78 is 41.2. The highest BCUT2D eigenvalue weighted by molar-refractivity contribution is 6.09. The molecular weight excluding hydrogens is 685 g/mol. The average molecular weight is 725 g/mol. The Bertz CT molecular complexity index is 2190. The van der Waals surface area contributed by atoms with Gasteiger partial charge in [0.1, 0.15) is 11.4 Å². The van der Waals surface area contributed by atoms with Gasteiger partial charge in [-0.2, -0.15) is 18.3 Å². The van der Waals surface area contributed by atoms with Crippen LogP contribution in [0.4, 0.5) is 29.3 Å². The van der Waals surface area contributed by atoms with Gasteiger partial charge in [-0.05, 0) is 105 Å². The number of amides is 4. The average Bonchev–Trinajstić information content (AvgIpc) is 3.58. The molecule has 0 radical (unpaired) electrons. The first-order chi connectivity index (χ1) is 25.6. The fraction of sp³-hybridized carbons (Fsp3) is 0.385. The highest BCUT2D eigenvalue weighted by Gasteiger charge is 2.33. The number of urea groups is 1. The molecule has 5 aromatic rings. The van der Waals surface area contributed by atoms with Crippen LogP contribution in [0, 0.1) is 5.92 Å². The van der Waals surface area contributed by atoms with E-state index in [-0.39, 0.29) is 24.1 Å². The van der Waals surface area contributed by atoms with Gasteiger partial charge in [0.15, 0.2) is 0 Å². The molecule has 5 heterocycles. The number of hydrogen-bond acceptors (Lipinski definition) is 7. The zero-order chi connectivity index (χ0) is 36.7. The molecule has 2 aromatic carbocycles. The largest absolute Gasteiger partial charge is 0.433 e. The highest BCUT2D eigenvalue weighted by Crippen LogP contribution is 2.37. The number of aromatic nitrogens is 4. The first-order valence-electron chi connectivity index (χ1n) is 18.1. The molecule has 2 N–H and O–H groups in total. The number of carbonyl (C=O) groups excluding carboxylic acids is 3. The van der Waals surface area contributed by atoms with E-state index in [9.17, 15) is 27.6 Å². The molecule has 8 rings (SSSR count). The minimum Gasteiger partial charge on any atom is -0.321 e. The van der Waals surface area contributed by atoms with Crippen LogP contribution in [0.25, 0.3) is 21.7 Å². The van der Waals surface area contributed by atoms with E-state index in [1.165, 1.54) is 17.7 Å². The number of fused-ring (bicyclic) bond motifs is 2. The summed E-state index contributed by atoms with van der Waals surface area (Å²) >= 11 is 0. The molecule has 0 spiro atoms. The molecule has 3 fully saturated rings. The maximum atomic E-state index is 13.1. The number of halogens is 3. The Labute approximate surface area is 303 Å². The minimum atomic E-state index is -4.63. The standard InChI is InChI=1S/C39H39F3N8O3/c40-39(41,42)35-3-1-2-33(45-35)37(52)44-29-7-11-32-28(19-29)23-50(47-32)30-8-4-24(5-9-30)22-48-15-12-25(13-16-48)26-6-10-31-27(18-26)20-43-21-34(31)49-17-14-36(51)46-38(49)53/h1-3,6-7,10-11,18-21,23-25,30H,4-5,8-9,12-17,22H2,(H,44,52)(H,46,51,53)/t24-,30-. The Morgan fingerprint density at radius 3 is 2.49 bits per heavy atom. The minimum absolute atomic E-state index is 0.256. The molecule has 1 saturated carbocycles. The van der Waals surface area contributed by atoms with Crippen molar-refractivity contribution in [2.24, 2.45) is 5.92 Å². The molecule has 2 aliphatic heterocycles. The van der Waals surface area contributed by atoms with Crippen molar-refractivity contribution in [1.82, 2.24) is 30.0 Å². The van der Waals surface area contributed by atoms with E-state index >= 15 is 0 Å². The van der Waals surface area contributed by atoms with E-state index in [1.54, 1.807) is 23.2 Å². The van der Waals surface area contributed by atoms with Gasteiger partial charge in [0.2, 0.25) is 5.91 Å². The zero-order valence-corrected chi connectivity index (χ0v) is 29.0. The number of piperidine rings is 1. The lowest BCUT2D eigenvalue weighted by Gasteiger charge is -2.37. The van der Waals surface area contributed by atoms with Crippen LogP contribution in [0.2, 0.25) is 0 Å². The summed E-state index contributed by atoms with van der Waals surface area (Å²) in [6.07, 6.45) is 7.63. The number of benzene rings is 2. The molecule has 3 aliphatic rings. The maximum absolute atomic E-state index is 13.1. The SMILES string of the molecule is O=C1CCN(c2cncc3cc(C4CCN(C[C@H]5CC[C@H](n6cc7cc(NC(=O)c8cccc(C(F)(F)F)n8)ccc7n6)CC5)CC4)ccc23)C(=O)N1. The molecule has 14 heteroatoms. The van der Waals surface area contributed by atoms with Crippen LogP contribution in [0.5, 0.6) is 0 Å². The topological polar surface area (TPSA) is 125 Å². The summed E-state index contributed by atoms with van der Waals surface area (Å²) in [4.78, 5) is 48.9. The van der Waals surface area contributed by atoms with Gasteiger partial charge in [0, 0.05) is 53.8 Å². The maximum Gasteiger partial charge on any atom is 0.433 e. The Hall–Kier alpha value is -5.37. The number of pyridine rings is 2. The summed E-state index contributed by atoms with van der Waals surface area (Å²) in [5.74, 6) is 0.128. The third-order valence-electron chi connectivity index (χ3n) is 10.9. The molecule has 2 saturated heterocycles. The van der Waals surface area contributed by atoms with E-state index in [4.69, 9.17) is 5.10 Å². The van der Waals surface area contributed by atoms with Crippen molar-refractivity contribution in [3.8, 4) is 0 Å². The number of imide groups is 1. The predicted molar refractivity (Wildman–Crippen MR) is 194 cm³/mol. The number of likely N-dealkylation sites (tertiary alicyclic amines) is 1. The first kappa shape index (κ1) is 34.7. The van der Waals surface area contributed by atoms with Gasteiger partial charge >= 0.3 is 12.2 Å². The quantitative estimate of drug-likeness (QED) is 0.180. The van der Waals surface area contributed by atoms with Crippen molar-refractivity contribution in [3.05, 3.63) is 90.1 Å². The van der Waals surface area contributed by atoms with E-state index < -0.39 is 23.8 Å². The number of nitrogens with zero attached hydrogens (tertiary/aromatic N) is 6. The van der Waals surface area contributed by atoms with Crippen LogP contribution in [-0.2, 0) is 11.0 Å². The van der Waals surface area contributed by atoms with E-state index in [2.05, 4.69) is 43.7 Å². The van der Waals surface area contributed by atoms with Crippen molar-refractivity contribution in [1.29, 1.82) is 0 Å². The molecule has 53 heavy (non-hydrogen) atoms. The summed E-state index contributed by atoms with van der Waals surface area (Å²) in [5, 5.41) is 12.7. The van der Waals surface area contributed by atoms with Gasteiger partial charge in [0.25, 0.3) is 5.91 Å². The van der Waals surface area contributed by atoms with E-state index in [1.807, 2.05) is 23.1 Å². The Morgan fingerprint density at radius 1 is 0.906 bits per heavy atom. The predicted octanol–water partition coefficient (Wildman–Crippen LogP) is 7.31. The van der Waals surface area contributed by atoms with Crippen LogP contribution in [0.15, 0.2) is 73.2 Å². The van der Waals surface area contributed by atoms with Crippen LogP contribution >= 0.6 is 0 Å². The third-order valence-corrected chi connectivity index (χ3v) is 10.9. The Balaban J connectivity index is 0.827. The van der Waals surface area contributed by atoms with Gasteiger partial charge in [-0.1, -0.05) is 18.2 Å².